The number of benzene rings is 1. The minimum atomic E-state index is -0.684. The molecule has 0 heterocycles. The minimum absolute atomic E-state index is 0.518. The summed E-state index contributed by atoms with van der Waals surface area (Å²) in [6.07, 6.45) is 0.615. The fraction of sp³-hybridized carbons (Fsp3) is 0.625. The molecule has 114 valence electrons. The molecule has 0 radical (unpaired) electrons. The van der Waals surface area contributed by atoms with Gasteiger partial charge in [-0.05, 0) is 50.1 Å². The Hall–Kier alpha value is -0.580. The van der Waals surface area contributed by atoms with E-state index >= 15 is 0 Å². The maximum Gasteiger partial charge on any atom is 0.119 e. The molecule has 0 atom stereocenters. The summed E-state index contributed by atoms with van der Waals surface area (Å²) in [6, 6.07) is 5.99. The van der Waals surface area contributed by atoms with Crippen molar-refractivity contribution >= 4 is 15.9 Å². The van der Waals surface area contributed by atoms with Crippen molar-refractivity contribution in [2.24, 2.45) is 5.92 Å². The van der Waals surface area contributed by atoms with Crippen LogP contribution in [0.5, 0.6) is 5.75 Å². The third kappa shape index (κ3) is 7.27. The normalized spacial score (nSPS) is 11.9. The lowest BCUT2D eigenvalue weighted by atomic mass is 10.1. The molecule has 1 rings (SSSR count). The first-order chi connectivity index (χ1) is 9.28. The van der Waals surface area contributed by atoms with Crippen molar-refractivity contribution in [3.8, 4) is 5.75 Å². The highest BCUT2D eigenvalue weighted by Crippen LogP contribution is 2.23. The third-order valence-electron chi connectivity index (χ3n) is 2.87. The average molecular weight is 344 g/mol. The lowest BCUT2D eigenvalue weighted by molar-refractivity contribution is 0.0553. The molecular formula is C16H26BrNO2. The molecule has 0 fully saturated rings. The summed E-state index contributed by atoms with van der Waals surface area (Å²) in [4.78, 5) is 0. The van der Waals surface area contributed by atoms with E-state index in [1.807, 2.05) is 18.2 Å². The molecule has 2 N–H and O–H groups in total. The van der Waals surface area contributed by atoms with Crippen LogP contribution in [0.15, 0.2) is 22.7 Å². The molecule has 0 saturated heterocycles. The molecular weight excluding hydrogens is 318 g/mol. The van der Waals surface area contributed by atoms with Crippen molar-refractivity contribution in [2.75, 3.05) is 13.2 Å². The molecule has 0 bridgehead atoms. The van der Waals surface area contributed by atoms with Crippen LogP contribution in [-0.2, 0) is 6.54 Å². The standard InChI is InChI=1S/C16H26BrNO2/c1-12(2)10-18-11-13-9-14(5-6-15(13)17)20-8-7-16(3,4)19/h5-6,9,12,18-19H,7-8,10-11H2,1-4H3. The SMILES string of the molecule is CC(C)CNCc1cc(OCCC(C)(C)O)ccc1Br. The Morgan fingerprint density at radius 3 is 2.65 bits per heavy atom. The van der Waals surface area contributed by atoms with Gasteiger partial charge in [-0.2, -0.15) is 0 Å². The van der Waals surface area contributed by atoms with Gasteiger partial charge >= 0.3 is 0 Å². The van der Waals surface area contributed by atoms with E-state index < -0.39 is 5.60 Å². The predicted molar refractivity (Wildman–Crippen MR) is 87.1 cm³/mol. The number of hydrogen-bond donors (Lipinski definition) is 2. The quantitative estimate of drug-likeness (QED) is 0.755. The van der Waals surface area contributed by atoms with E-state index in [1.54, 1.807) is 13.8 Å². The number of halogens is 1. The van der Waals surface area contributed by atoms with E-state index in [2.05, 4.69) is 35.1 Å². The van der Waals surface area contributed by atoms with E-state index in [-0.39, 0.29) is 0 Å². The van der Waals surface area contributed by atoms with Crippen LogP contribution in [0.3, 0.4) is 0 Å². The Kier molecular flexibility index (Phi) is 7.00. The maximum absolute atomic E-state index is 9.66. The van der Waals surface area contributed by atoms with Gasteiger partial charge in [0.1, 0.15) is 5.75 Å². The number of rotatable bonds is 8. The zero-order valence-electron chi connectivity index (χ0n) is 12.9. The second-order valence-electron chi connectivity index (χ2n) is 6.19. The molecule has 0 aliphatic carbocycles. The van der Waals surface area contributed by atoms with Gasteiger partial charge in [-0.15, -0.1) is 0 Å². The first kappa shape index (κ1) is 17.5. The molecule has 0 unspecified atom stereocenters. The number of nitrogens with one attached hydrogen (secondary N) is 1. The van der Waals surface area contributed by atoms with Crippen LogP contribution >= 0.6 is 15.9 Å². The Balaban J connectivity index is 2.52. The van der Waals surface area contributed by atoms with Crippen LogP contribution in [-0.4, -0.2) is 23.9 Å². The van der Waals surface area contributed by atoms with Crippen molar-refractivity contribution in [1.82, 2.24) is 5.32 Å². The van der Waals surface area contributed by atoms with Gasteiger partial charge in [0.25, 0.3) is 0 Å². The molecule has 1 aromatic rings. The van der Waals surface area contributed by atoms with E-state index in [1.165, 1.54) is 5.56 Å². The van der Waals surface area contributed by atoms with Crippen LogP contribution in [0.2, 0.25) is 0 Å². The monoisotopic (exact) mass is 343 g/mol. The smallest absolute Gasteiger partial charge is 0.119 e. The van der Waals surface area contributed by atoms with Gasteiger partial charge in [0.15, 0.2) is 0 Å². The zero-order valence-corrected chi connectivity index (χ0v) is 14.5. The summed E-state index contributed by atoms with van der Waals surface area (Å²) in [5, 5.41) is 13.1. The summed E-state index contributed by atoms with van der Waals surface area (Å²) in [7, 11) is 0. The molecule has 0 aliphatic heterocycles. The van der Waals surface area contributed by atoms with E-state index in [9.17, 15) is 5.11 Å². The number of hydrogen-bond acceptors (Lipinski definition) is 3. The van der Waals surface area contributed by atoms with Crippen molar-refractivity contribution in [2.45, 2.75) is 46.3 Å². The first-order valence-electron chi connectivity index (χ1n) is 7.12. The van der Waals surface area contributed by atoms with Crippen LogP contribution < -0.4 is 10.1 Å². The predicted octanol–water partition coefficient (Wildman–Crippen LogP) is 3.73. The Morgan fingerprint density at radius 1 is 1.35 bits per heavy atom. The fourth-order valence-corrected chi connectivity index (χ4v) is 2.08. The van der Waals surface area contributed by atoms with Gasteiger partial charge in [-0.1, -0.05) is 29.8 Å². The fourth-order valence-electron chi connectivity index (χ4n) is 1.69. The molecule has 0 spiro atoms. The molecule has 3 nitrogen and oxygen atoms in total. The Bertz CT molecular complexity index is 413. The van der Waals surface area contributed by atoms with Gasteiger partial charge in [0.2, 0.25) is 0 Å². The molecule has 0 aliphatic rings. The summed E-state index contributed by atoms with van der Waals surface area (Å²) in [5.41, 5.74) is 0.503. The van der Waals surface area contributed by atoms with Crippen LogP contribution in [0, 0.1) is 5.92 Å². The van der Waals surface area contributed by atoms with Gasteiger partial charge in [0.05, 0.1) is 12.2 Å². The van der Waals surface area contributed by atoms with E-state index in [4.69, 9.17) is 4.74 Å². The summed E-state index contributed by atoms with van der Waals surface area (Å²) in [5.74, 6) is 1.48. The van der Waals surface area contributed by atoms with Crippen LogP contribution in [0.1, 0.15) is 39.7 Å². The number of ether oxygens (including phenoxy) is 1. The van der Waals surface area contributed by atoms with Gasteiger partial charge in [-0.3, -0.25) is 0 Å². The topological polar surface area (TPSA) is 41.5 Å². The lowest BCUT2D eigenvalue weighted by Crippen LogP contribution is -2.22. The van der Waals surface area contributed by atoms with Gasteiger partial charge in [-0.25, -0.2) is 0 Å². The minimum Gasteiger partial charge on any atom is -0.493 e. The maximum atomic E-state index is 9.66. The first-order valence-corrected chi connectivity index (χ1v) is 7.91. The molecule has 0 aromatic heterocycles. The van der Waals surface area contributed by atoms with E-state index in [0.29, 0.717) is 18.9 Å². The second-order valence-corrected chi connectivity index (χ2v) is 7.04. The third-order valence-corrected chi connectivity index (χ3v) is 3.64. The van der Waals surface area contributed by atoms with Crippen molar-refractivity contribution in [1.29, 1.82) is 0 Å². The molecule has 20 heavy (non-hydrogen) atoms. The largest absolute Gasteiger partial charge is 0.493 e. The lowest BCUT2D eigenvalue weighted by Gasteiger charge is -2.17. The van der Waals surface area contributed by atoms with Crippen LogP contribution in [0.4, 0.5) is 0 Å². The Labute approximate surface area is 130 Å². The second kappa shape index (κ2) is 8.01. The summed E-state index contributed by atoms with van der Waals surface area (Å²) < 4.78 is 6.78. The summed E-state index contributed by atoms with van der Waals surface area (Å²) in [6.45, 7) is 10.3. The molecule has 0 saturated carbocycles. The highest BCUT2D eigenvalue weighted by molar-refractivity contribution is 9.10. The Morgan fingerprint density at radius 2 is 2.05 bits per heavy atom. The molecule has 0 amide bonds. The average Bonchev–Trinajstić information content (AvgIpc) is 2.31. The number of aliphatic hydroxyl groups is 1. The summed E-state index contributed by atoms with van der Waals surface area (Å²) >= 11 is 3.56. The van der Waals surface area contributed by atoms with Gasteiger partial charge in [0, 0.05) is 17.4 Å². The highest BCUT2D eigenvalue weighted by atomic mass is 79.9. The zero-order chi connectivity index (χ0) is 15.2. The van der Waals surface area contributed by atoms with Crippen molar-refractivity contribution < 1.29 is 9.84 Å². The highest BCUT2D eigenvalue weighted by Gasteiger charge is 2.12. The van der Waals surface area contributed by atoms with E-state index in [0.717, 1.165) is 23.3 Å². The molecule has 1 aromatic carbocycles. The van der Waals surface area contributed by atoms with Crippen molar-refractivity contribution in [3.63, 3.8) is 0 Å². The van der Waals surface area contributed by atoms with Crippen molar-refractivity contribution in [3.05, 3.63) is 28.2 Å². The van der Waals surface area contributed by atoms with Gasteiger partial charge < -0.3 is 15.2 Å². The van der Waals surface area contributed by atoms with Crippen LogP contribution in [0.25, 0.3) is 0 Å². The molecule has 4 heteroatoms.